The quantitative estimate of drug-likeness (QED) is 0.637. The van der Waals surface area contributed by atoms with Crippen LogP contribution in [0.3, 0.4) is 0 Å². The van der Waals surface area contributed by atoms with Crippen LogP contribution in [0.1, 0.15) is 16.1 Å². The van der Waals surface area contributed by atoms with Crippen molar-refractivity contribution in [3.05, 3.63) is 28.3 Å². The van der Waals surface area contributed by atoms with Crippen LogP contribution >= 0.6 is 11.3 Å². The number of nitriles is 1. The second-order valence-corrected chi connectivity index (χ2v) is 4.15. The molecule has 2 nitrogen and oxygen atoms in total. The molecule has 0 bridgehead atoms. The Balaban J connectivity index is 2.93. The molecule has 0 spiro atoms. The van der Waals surface area contributed by atoms with Gasteiger partial charge in [-0.2, -0.15) is 5.26 Å². The summed E-state index contributed by atoms with van der Waals surface area (Å²) in [5.74, 6) is 0. The minimum absolute atomic E-state index is 0.767. The van der Waals surface area contributed by atoms with E-state index in [0.29, 0.717) is 0 Å². The monoisotopic (exact) mass is 188 g/mol. The molecule has 0 atom stereocenters. The highest BCUT2D eigenvalue weighted by molar-refractivity contribution is 7.18. The first-order valence-electron chi connectivity index (χ1n) is 3.99. The van der Waals surface area contributed by atoms with E-state index < -0.39 is 0 Å². The van der Waals surface area contributed by atoms with Crippen molar-refractivity contribution < 1.29 is 0 Å². The zero-order valence-corrected chi connectivity index (χ0v) is 8.27. The van der Waals surface area contributed by atoms with Crippen molar-refractivity contribution in [2.24, 2.45) is 0 Å². The summed E-state index contributed by atoms with van der Waals surface area (Å²) in [4.78, 5) is 4.33. The van der Waals surface area contributed by atoms with Crippen LogP contribution in [0.5, 0.6) is 0 Å². The number of fused-ring (bicyclic) bond motifs is 1. The van der Waals surface area contributed by atoms with Crippen molar-refractivity contribution in [1.82, 2.24) is 4.98 Å². The number of nitrogens with zero attached hydrogens (tertiary/aromatic N) is 2. The summed E-state index contributed by atoms with van der Waals surface area (Å²) in [5.41, 5.74) is 2.73. The predicted octanol–water partition coefficient (Wildman–Crippen LogP) is 2.78. The third-order valence-corrected chi connectivity index (χ3v) is 2.99. The van der Waals surface area contributed by atoms with Crippen LogP contribution in [0.4, 0.5) is 0 Å². The molecule has 0 saturated heterocycles. The molecule has 0 fully saturated rings. The molecule has 0 radical (unpaired) electrons. The second kappa shape index (κ2) is 2.82. The molecular formula is C10H8N2S. The number of hydrogen-bond donors (Lipinski definition) is 0. The first kappa shape index (κ1) is 8.21. The Morgan fingerprint density at radius 1 is 1.38 bits per heavy atom. The Kier molecular flexibility index (Phi) is 1.78. The molecule has 1 aromatic carbocycles. The molecule has 0 N–H and O–H groups in total. The molecular weight excluding hydrogens is 180 g/mol. The van der Waals surface area contributed by atoms with Crippen molar-refractivity contribution in [3.63, 3.8) is 0 Å². The van der Waals surface area contributed by atoms with E-state index in [1.165, 1.54) is 0 Å². The zero-order chi connectivity index (χ0) is 9.42. The van der Waals surface area contributed by atoms with Gasteiger partial charge in [0.25, 0.3) is 0 Å². The molecule has 1 aromatic heterocycles. The maximum absolute atomic E-state index is 8.95. The molecule has 64 valence electrons. The van der Waals surface area contributed by atoms with E-state index in [1.807, 2.05) is 26.0 Å². The van der Waals surface area contributed by atoms with Gasteiger partial charge in [-0.1, -0.05) is 6.07 Å². The second-order valence-electron chi connectivity index (χ2n) is 2.95. The van der Waals surface area contributed by atoms with Gasteiger partial charge in [0.05, 0.1) is 20.8 Å². The van der Waals surface area contributed by atoms with E-state index in [0.717, 1.165) is 26.4 Å². The van der Waals surface area contributed by atoms with E-state index in [-0.39, 0.29) is 0 Å². The van der Waals surface area contributed by atoms with E-state index in [1.54, 1.807) is 11.3 Å². The molecule has 0 aliphatic rings. The zero-order valence-electron chi connectivity index (χ0n) is 7.46. The predicted molar refractivity (Wildman–Crippen MR) is 53.8 cm³/mol. The van der Waals surface area contributed by atoms with Gasteiger partial charge in [0, 0.05) is 0 Å². The minimum Gasteiger partial charge on any atom is -0.241 e. The topological polar surface area (TPSA) is 36.7 Å². The van der Waals surface area contributed by atoms with E-state index in [4.69, 9.17) is 5.26 Å². The summed E-state index contributed by atoms with van der Waals surface area (Å²) in [7, 11) is 0. The van der Waals surface area contributed by atoms with Gasteiger partial charge in [-0.15, -0.1) is 11.3 Å². The normalized spacial score (nSPS) is 10.2. The van der Waals surface area contributed by atoms with Crippen molar-refractivity contribution in [3.8, 4) is 6.07 Å². The number of benzene rings is 1. The third-order valence-electron chi connectivity index (χ3n) is 1.98. The largest absolute Gasteiger partial charge is 0.241 e. The van der Waals surface area contributed by atoms with Gasteiger partial charge in [-0.3, -0.25) is 0 Å². The number of aryl methyl sites for hydroxylation is 2. The molecule has 0 unspecified atom stereocenters. The van der Waals surface area contributed by atoms with E-state index in [2.05, 4.69) is 11.1 Å². The Morgan fingerprint density at radius 3 is 2.85 bits per heavy atom. The summed E-state index contributed by atoms with van der Waals surface area (Å²) >= 11 is 1.58. The average molecular weight is 188 g/mol. The Bertz CT molecular complexity index is 505. The van der Waals surface area contributed by atoms with Gasteiger partial charge >= 0.3 is 0 Å². The van der Waals surface area contributed by atoms with Gasteiger partial charge in [0.15, 0.2) is 0 Å². The van der Waals surface area contributed by atoms with Crippen LogP contribution < -0.4 is 0 Å². The average Bonchev–Trinajstić information content (AvgIpc) is 2.45. The smallest absolute Gasteiger partial charge is 0.101 e. The van der Waals surface area contributed by atoms with Crippen LogP contribution in [0.2, 0.25) is 0 Å². The Labute approximate surface area is 80.5 Å². The van der Waals surface area contributed by atoms with Crippen LogP contribution in [0, 0.1) is 25.2 Å². The highest BCUT2D eigenvalue weighted by Crippen LogP contribution is 2.26. The SMILES string of the molecule is Cc1nc2ccc(C)c(C#N)c2s1. The Morgan fingerprint density at radius 2 is 2.15 bits per heavy atom. The van der Waals surface area contributed by atoms with Crippen LogP contribution in [-0.4, -0.2) is 4.98 Å². The maximum atomic E-state index is 8.95. The summed E-state index contributed by atoms with van der Waals surface area (Å²) in [5, 5.41) is 9.97. The van der Waals surface area contributed by atoms with Crippen molar-refractivity contribution >= 4 is 21.6 Å². The van der Waals surface area contributed by atoms with Gasteiger partial charge in [0.1, 0.15) is 6.07 Å². The molecule has 0 aliphatic heterocycles. The molecule has 0 aliphatic carbocycles. The van der Waals surface area contributed by atoms with E-state index in [9.17, 15) is 0 Å². The lowest BCUT2D eigenvalue weighted by molar-refractivity contribution is 1.34. The first-order chi connectivity index (χ1) is 6.22. The molecule has 0 saturated carbocycles. The summed E-state index contributed by atoms with van der Waals surface area (Å²) in [6, 6.07) is 6.13. The maximum Gasteiger partial charge on any atom is 0.101 e. The lowest BCUT2D eigenvalue weighted by atomic mass is 10.1. The highest BCUT2D eigenvalue weighted by atomic mass is 32.1. The van der Waals surface area contributed by atoms with Gasteiger partial charge in [-0.05, 0) is 25.5 Å². The lowest BCUT2D eigenvalue weighted by Gasteiger charge is -1.95. The van der Waals surface area contributed by atoms with E-state index >= 15 is 0 Å². The molecule has 0 amide bonds. The fourth-order valence-corrected chi connectivity index (χ4v) is 2.31. The van der Waals surface area contributed by atoms with Crippen LogP contribution in [0.15, 0.2) is 12.1 Å². The highest BCUT2D eigenvalue weighted by Gasteiger charge is 2.07. The lowest BCUT2D eigenvalue weighted by Crippen LogP contribution is -1.81. The summed E-state index contributed by atoms with van der Waals surface area (Å²) < 4.78 is 1.01. The van der Waals surface area contributed by atoms with Crippen molar-refractivity contribution in [2.45, 2.75) is 13.8 Å². The van der Waals surface area contributed by atoms with Crippen LogP contribution in [-0.2, 0) is 0 Å². The van der Waals surface area contributed by atoms with Crippen molar-refractivity contribution in [2.75, 3.05) is 0 Å². The van der Waals surface area contributed by atoms with Crippen LogP contribution in [0.25, 0.3) is 10.2 Å². The van der Waals surface area contributed by atoms with Gasteiger partial charge in [0.2, 0.25) is 0 Å². The number of aromatic nitrogens is 1. The van der Waals surface area contributed by atoms with Crippen molar-refractivity contribution in [1.29, 1.82) is 5.26 Å². The number of hydrogen-bond acceptors (Lipinski definition) is 3. The summed E-state index contributed by atoms with van der Waals surface area (Å²) in [6.07, 6.45) is 0. The molecule has 2 aromatic rings. The fourth-order valence-electron chi connectivity index (χ4n) is 1.34. The van der Waals surface area contributed by atoms with Gasteiger partial charge < -0.3 is 0 Å². The minimum atomic E-state index is 0.767. The molecule has 2 rings (SSSR count). The molecule has 1 heterocycles. The molecule has 3 heteroatoms. The first-order valence-corrected chi connectivity index (χ1v) is 4.81. The molecule has 13 heavy (non-hydrogen) atoms. The standard InChI is InChI=1S/C10H8N2S/c1-6-3-4-9-10(8(6)5-11)13-7(2)12-9/h3-4H,1-2H3. The number of rotatable bonds is 0. The van der Waals surface area contributed by atoms with Gasteiger partial charge in [-0.25, -0.2) is 4.98 Å². The fraction of sp³-hybridized carbons (Fsp3) is 0.200. The Hall–Kier alpha value is -1.40. The summed E-state index contributed by atoms with van der Waals surface area (Å²) in [6.45, 7) is 3.91. The number of thiazole rings is 1. The third kappa shape index (κ3) is 1.20.